The molecule has 0 atom stereocenters. The minimum absolute atomic E-state index is 0.0232. The summed E-state index contributed by atoms with van der Waals surface area (Å²) >= 11 is 0. The lowest BCUT2D eigenvalue weighted by Gasteiger charge is -2.22. The van der Waals surface area contributed by atoms with E-state index >= 15 is 0 Å². The van der Waals surface area contributed by atoms with Crippen LogP contribution in [0.2, 0.25) is 0 Å². The van der Waals surface area contributed by atoms with Gasteiger partial charge in [-0.2, -0.15) is 0 Å². The van der Waals surface area contributed by atoms with Crippen molar-refractivity contribution in [1.29, 1.82) is 0 Å². The van der Waals surface area contributed by atoms with E-state index in [1.54, 1.807) is 0 Å². The first-order valence-electron chi connectivity index (χ1n) is 6.36. The third-order valence-corrected chi connectivity index (χ3v) is 3.13. The molecule has 0 unspecified atom stereocenters. The molecular formula is C12H24N2O2. The monoisotopic (exact) mass is 228 g/mol. The van der Waals surface area contributed by atoms with E-state index in [4.69, 9.17) is 0 Å². The Kier molecular flexibility index (Phi) is 5.77. The Morgan fingerprint density at radius 1 is 1.38 bits per heavy atom. The number of carbonyl (C=O) groups excluding carboxylic acids is 1. The van der Waals surface area contributed by atoms with Gasteiger partial charge in [0, 0.05) is 13.1 Å². The Hall–Kier alpha value is -0.610. The van der Waals surface area contributed by atoms with Gasteiger partial charge in [-0.15, -0.1) is 0 Å². The van der Waals surface area contributed by atoms with E-state index in [9.17, 15) is 9.90 Å². The first kappa shape index (κ1) is 13.5. The van der Waals surface area contributed by atoms with Crippen LogP contribution in [0.3, 0.4) is 0 Å². The van der Waals surface area contributed by atoms with Gasteiger partial charge in [-0.05, 0) is 19.3 Å². The first-order chi connectivity index (χ1) is 7.66. The fraction of sp³-hybridized carbons (Fsp3) is 0.917. The summed E-state index contributed by atoms with van der Waals surface area (Å²) in [6.07, 6.45) is 6.03. The van der Waals surface area contributed by atoms with Crippen LogP contribution in [0.25, 0.3) is 0 Å². The summed E-state index contributed by atoms with van der Waals surface area (Å²) in [6.45, 7) is 3.70. The molecular weight excluding hydrogens is 204 g/mol. The molecule has 0 saturated heterocycles. The van der Waals surface area contributed by atoms with Gasteiger partial charge in [0.2, 0.25) is 5.91 Å². The first-order valence-corrected chi connectivity index (χ1v) is 6.36. The van der Waals surface area contributed by atoms with E-state index in [0.717, 1.165) is 45.1 Å². The molecule has 1 saturated carbocycles. The van der Waals surface area contributed by atoms with Gasteiger partial charge < -0.3 is 15.7 Å². The maximum Gasteiger partial charge on any atom is 0.233 e. The fourth-order valence-electron chi connectivity index (χ4n) is 2.09. The zero-order valence-electron chi connectivity index (χ0n) is 10.2. The third kappa shape index (κ3) is 4.94. The highest BCUT2D eigenvalue weighted by Gasteiger charge is 2.30. The predicted molar refractivity (Wildman–Crippen MR) is 64.2 cm³/mol. The van der Waals surface area contributed by atoms with Crippen molar-refractivity contribution in [2.24, 2.45) is 0 Å². The van der Waals surface area contributed by atoms with Crippen LogP contribution < -0.4 is 10.6 Å². The number of hydrogen-bond acceptors (Lipinski definition) is 3. The molecule has 0 spiro atoms. The van der Waals surface area contributed by atoms with Gasteiger partial charge in [0.05, 0.1) is 12.1 Å². The smallest absolute Gasteiger partial charge is 0.233 e. The van der Waals surface area contributed by atoms with E-state index in [2.05, 4.69) is 17.6 Å². The van der Waals surface area contributed by atoms with Crippen LogP contribution in [0, 0.1) is 0 Å². The second kappa shape index (κ2) is 6.86. The number of carbonyl (C=O) groups is 1. The van der Waals surface area contributed by atoms with Gasteiger partial charge in [-0.1, -0.05) is 26.2 Å². The van der Waals surface area contributed by atoms with Crippen LogP contribution in [-0.2, 0) is 4.79 Å². The topological polar surface area (TPSA) is 61.4 Å². The highest BCUT2D eigenvalue weighted by molar-refractivity contribution is 5.77. The molecule has 1 amide bonds. The van der Waals surface area contributed by atoms with Crippen molar-refractivity contribution in [3.8, 4) is 0 Å². The molecule has 16 heavy (non-hydrogen) atoms. The summed E-state index contributed by atoms with van der Waals surface area (Å²) in [4.78, 5) is 11.3. The lowest BCUT2D eigenvalue weighted by atomic mass is 10.0. The molecule has 1 fully saturated rings. The SMILES string of the molecule is CCCCNC(=O)CNCC1(O)CCCC1. The zero-order valence-corrected chi connectivity index (χ0v) is 10.2. The number of unbranched alkanes of at least 4 members (excludes halogenated alkanes) is 1. The summed E-state index contributed by atoms with van der Waals surface area (Å²) in [5.74, 6) is 0.0232. The summed E-state index contributed by atoms with van der Waals surface area (Å²) in [5.41, 5.74) is -0.566. The van der Waals surface area contributed by atoms with Gasteiger partial charge in [0.15, 0.2) is 0 Å². The molecule has 4 nitrogen and oxygen atoms in total. The molecule has 94 valence electrons. The van der Waals surface area contributed by atoms with E-state index < -0.39 is 5.60 Å². The van der Waals surface area contributed by atoms with Crippen molar-refractivity contribution < 1.29 is 9.90 Å². The normalized spacial score (nSPS) is 18.6. The van der Waals surface area contributed by atoms with Crippen LogP contribution in [-0.4, -0.2) is 36.2 Å². The second-order valence-electron chi connectivity index (χ2n) is 4.74. The quantitative estimate of drug-likeness (QED) is 0.565. The maximum absolute atomic E-state index is 11.3. The van der Waals surface area contributed by atoms with Crippen LogP contribution in [0.5, 0.6) is 0 Å². The molecule has 1 rings (SSSR count). The molecule has 0 bridgehead atoms. The van der Waals surface area contributed by atoms with Crippen molar-refractivity contribution >= 4 is 5.91 Å². The average molecular weight is 228 g/mol. The minimum Gasteiger partial charge on any atom is -0.389 e. The zero-order chi connectivity index (χ0) is 11.9. The van der Waals surface area contributed by atoms with E-state index in [0.29, 0.717) is 13.1 Å². The number of rotatable bonds is 7. The number of aliphatic hydroxyl groups is 1. The van der Waals surface area contributed by atoms with Gasteiger partial charge in [0.1, 0.15) is 0 Å². The molecule has 3 N–H and O–H groups in total. The van der Waals surface area contributed by atoms with Crippen molar-refractivity contribution in [1.82, 2.24) is 10.6 Å². The Balaban J connectivity index is 2.03. The van der Waals surface area contributed by atoms with Crippen LogP contribution in [0.15, 0.2) is 0 Å². The summed E-state index contributed by atoms with van der Waals surface area (Å²) in [6, 6.07) is 0. The molecule has 0 aliphatic heterocycles. The van der Waals surface area contributed by atoms with Gasteiger partial charge >= 0.3 is 0 Å². The molecule has 0 heterocycles. The molecule has 4 heteroatoms. The van der Waals surface area contributed by atoms with Gasteiger partial charge in [-0.25, -0.2) is 0 Å². The maximum atomic E-state index is 11.3. The van der Waals surface area contributed by atoms with Gasteiger partial charge in [0.25, 0.3) is 0 Å². The van der Waals surface area contributed by atoms with E-state index in [-0.39, 0.29) is 5.91 Å². The molecule has 1 aliphatic carbocycles. The highest BCUT2D eigenvalue weighted by Crippen LogP contribution is 2.28. The van der Waals surface area contributed by atoms with Crippen LogP contribution >= 0.6 is 0 Å². The lowest BCUT2D eigenvalue weighted by Crippen LogP contribution is -2.42. The predicted octanol–water partition coefficient (Wildman–Crippen LogP) is 0.797. The van der Waals surface area contributed by atoms with Crippen molar-refractivity contribution in [2.45, 2.75) is 51.0 Å². The summed E-state index contributed by atoms with van der Waals surface area (Å²) < 4.78 is 0. The molecule has 0 radical (unpaired) electrons. The average Bonchev–Trinajstić information content (AvgIpc) is 2.66. The van der Waals surface area contributed by atoms with Crippen LogP contribution in [0.1, 0.15) is 45.4 Å². The Morgan fingerprint density at radius 3 is 2.69 bits per heavy atom. The number of nitrogens with one attached hydrogen (secondary N) is 2. The number of hydrogen-bond donors (Lipinski definition) is 3. The minimum atomic E-state index is -0.566. The molecule has 1 aliphatic rings. The second-order valence-corrected chi connectivity index (χ2v) is 4.74. The fourth-order valence-corrected chi connectivity index (χ4v) is 2.09. The Morgan fingerprint density at radius 2 is 2.06 bits per heavy atom. The standard InChI is InChI=1S/C12H24N2O2/c1-2-3-8-14-11(15)9-13-10-12(16)6-4-5-7-12/h13,16H,2-10H2,1H3,(H,14,15). The van der Waals surface area contributed by atoms with Gasteiger partial charge in [-0.3, -0.25) is 4.79 Å². The van der Waals surface area contributed by atoms with Crippen molar-refractivity contribution in [3.05, 3.63) is 0 Å². The number of amides is 1. The summed E-state index contributed by atoms with van der Waals surface area (Å²) in [7, 11) is 0. The largest absolute Gasteiger partial charge is 0.389 e. The highest BCUT2D eigenvalue weighted by atomic mass is 16.3. The van der Waals surface area contributed by atoms with Crippen molar-refractivity contribution in [2.75, 3.05) is 19.6 Å². The Labute approximate surface area is 97.8 Å². The van der Waals surface area contributed by atoms with Crippen molar-refractivity contribution in [3.63, 3.8) is 0 Å². The third-order valence-electron chi connectivity index (χ3n) is 3.13. The van der Waals surface area contributed by atoms with Crippen LogP contribution in [0.4, 0.5) is 0 Å². The summed E-state index contributed by atoms with van der Waals surface area (Å²) in [5, 5.41) is 15.9. The molecule has 0 aromatic heterocycles. The lowest BCUT2D eigenvalue weighted by molar-refractivity contribution is -0.120. The Bertz CT molecular complexity index is 213. The van der Waals surface area contributed by atoms with E-state index in [1.807, 2.05) is 0 Å². The van der Waals surface area contributed by atoms with E-state index in [1.165, 1.54) is 0 Å². The molecule has 0 aromatic rings. The molecule has 0 aromatic carbocycles.